The van der Waals surface area contributed by atoms with Crippen molar-refractivity contribution in [3.8, 4) is 17.1 Å². The smallest absolute Gasteiger partial charge is 0.193 e. The first-order chi connectivity index (χ1) is 16.1. The third-order valence-corrected chi connectivity index (χ3v) is 6.37. The first-order valence-electron chi connectivity index (χ1n) is 11.0. The van der Waals surface area contributed by atoms with Crippen LogP contribution < -0.4 is 9.64 Å². The second-order valence-electron chi connectivity index (χ2n) is 8.47. The highest BCUT2D eigenvalue weighted by Gasteiger charge is 2.48. The topological polar surface area (TPSA) is 89.1 Å². The average molecular weight is 459 g/mol. The fourth-order valence-electron chi connectivity index (χ4n) is 4.70. The minimum atomic E-state index is -0.665. The summed E-state index contributed by atoms with van der Waals surface area (Å²) in [6, 6.07) is 7.64. The number of rotatable bonds is 4. The monoisotopic (exact) mass is 459 g/mol. The molecule has 3 aliphatic rings. The highest BCUT2D eigenvalue weighted by molar-refractivity contribution is 5.81. The van der Waals surface area contributed by atoms with Gasteiger partial charge in [0.25, 0.3) is 0 Å². The third kappa shape index (κ3) is 3.72. The Bertz CT molecular complexity index is 1160. The summed E-state index contributed by atoms with van der Waals surface area (Å²) in [7, 11) is 0. The number of nitrogens with zero attached hydrogens (tertiary/aromatic N) is 2. The highest BCUT2D eigenvalue weighted by atomic mass is 19.1. The van der Waals surface area contributed by atoms with Crippen LogP contribution in [0.4, 0.5) is 14.5 Å². The molecule has 5 heterocycles. The van der Waals surface area contributed by atoms with Gasteiger partial charge in [-0.25, -0.2) is 13.8 Å². The summed E-state index contributed by atoms with van der Waals surface area (Å²) in [5, 5.41) is 9.88. The van der Waals surface area contributed by atoms with Gasteiger partial charge in [-0.2, -0.15) is 0 Å². The van der Waals surface area contributed by atoms with Gasteiger partial charge in [-0.15, -0.1) is 0 Å². The fourth-order valence-corrected chi connectivity index (χ4v) is 4.70. The lowest BCUT2D eigenvalue weighted by Gasteiger charge is -2.29. The lowest BCUT2D eigenvalue weighted by molar-refractivity contribution is 0.00794. The van der Waals surface area contributed by atoms with E-state index in [2.05, 4.69) is 9.97 Å². The first kappa shape index (κ1) is 20.8. The number of hydrogen-bond acceptors (Lipinski definition) is 7. The minimum absolute atomic E-state index is 0.169. The van der Waals surface area contributed by atoms with E-state index in [0.29, 0.717) is 55.5 Å². The van der Waals surface area contributed by atoms with E-state index in [9.17, 15) is 13.9 Å². The molecule has 3 fully saturated rings. The van der Waals surface area contributed by atoms with Crippen molar-refractivity contribution in [2.24, 2.45) is 0 Å². The Morgan fingerprint density at radius 3 is 2.58 bits per heavy atom. The molecule has 2 aromatic heterocycles. The van der Waals surface area contributed by atoms with Crippen molar-refractivity contribution in [2.45, 2.75) is 24.4 Å². The number of pyridine rings is 1. The Morgan fingerprint density at radius 2 is 1.79 bits per heavy atom. The molecule has 0 aliphatic carbocycles. The molecule has 1 unspecified atom stereocenters. The van der Waals surface area contributed by atoms with Gasteiger partial charge in [-0.05, 0) is 24.3 Å². The van der Waals surface area contributed by atoms with Gasteiger partial charge in [0.05, 0.1) is 48.7 Å². The normalized spacial score (nSPS) is 27.3. The second kappa shape index (κ2) is 8.21. The molecule has 8 nitrogen and oxygen atoms in total. The Hall–Kier alpha value is -2.79. The molecule has 2 N–H and O–H groups in total. The van der Waals surface area contributed by atoms with Crippen molar-refractivity contribution in [2.75, 3.05) is 44.4 Å². The van der Waals surface area contributed by atoms with Crippen LogP contribution in [-0.2, 0) is 14.2 Å². The number of aliphatic hydroxyl groups is 1. The minimum Gasteiger partial charge on any atom is -0.470 e. The summed E-state index contributed by atoms with van der Waals surface area (Å²) < 4.78 is 52.4. The molecule has 0 amide bonds. The standard InChI is InChI=1S/C23H23F2N3O5/c24-13-7-12(28-3-5-30-6-4-28)8-14(25)21(13)16-2-1-15-17(26-16)9-20(27-15)33-19-11-32-22-18(29)10-31-23(19)22/h1-2,7-9,18-19,22-23,27,29H,3-6,10-11H2/t18-,19-,22?,23-/m1/s1. The molecule has 0 bridgehead atoms. The summed E-state index contributed by atoms with van der Waals surface area (Å²) in [5.74, 6) is -0.889. The largest absolute Gasteiger partial charge is 0.470 e. The van der Waals surface area contributed by atoms with Gasteiger partial charge >= 0.3 is 0 Å². The Kier molecular flexibility index (Phi) is 5.17. The maximum absolute atomic E-state index is 15.0. The van der Waals surface area contributed by atoms with Crippen molar-refractivity contribution >= 4 is 16.7 Å². The van der Waals surface area contributed by atoms with Crippen LogP contribution in [0, 0.1) is 11.6 Å². The van der Waals surface area contributed by atoms with Crippen molar-refractivity contribution in [1.29, 1.82) is 0 Å². The highest BCUT2D eigenvalue weighted by Crippen LogP contribution is 2.33. The second-order valence-corrected chi connectivity index (χ2v) is 8.47. The molecule has 10 heteroatoms. The zero-order valence-corrected chi connectivity index (χ0v) is 17.7. The molecule has 174 valence electrons. The van der Waals surface area contributed by atoms with Gasteiger partial charge in [0.1, 0.15) is 29.9 Å². The van der Waals surface area contributed by atoms with E-state index in [1.165, 1.54) is 12.1 Å². The summed E-state index contributed by atoms with van der Waals surface area (Å²) in [5.41, 5.74) is 1.71. The number of aliphatic hydroxyl groups excluding tert-OH is 1. The molecule has 0 spiro atoms. The van der Waals surface area contributed by atoms with Gasteiger partial charge in [-0.1, -0.05) is 0 Å². The van der Waals surface area contributed by atoms with Crippen molar-refractivity contribution in [3.05, 3.63) is 42.0 Å². The molecular formula is C23H23F2N3O5. The number of nitrogens with one attached hydrogen (secondary N) is 1. The van der Waals surface area contributed by atoms with Gasteiger partial charge < -0.3 is 33.9 Å². The van der Waals surface area contributed by atoms with E-state index in [0.717, 1.165) is 0 Å². The molecule has 6 rings (SSSR count). The van der Waals surface area contributed by atoms with Crippen LogP contribution in [0.15, 0.2) is 30.3 Å². The van der Waals surface area contributed by atoms with Crippen LogP contribution in [-0.4, -0.2) is 79.0 Å². The molecular weight excluding hydrogens is 436 g/mol. The van der Waals surface area contributed by atoms with E-state index in [1.807, 2.05) is 4.90 Å². The number of fused-ring (bicyclic) bond motifs is 2. The van der Waals surface area contributed by atoms with Crippen molar-refractivity contribution in [1.82, 2.24) is 9.97 Å². The molecule has 3 aliphatic heterocycles. The Morgan fingerprint density at radius 1 is 1.03 bits per heavy atom. The maximum atomic E-state index is 15.0. The number of anilines is 1. The lowest BCUT2D eigenvalue weighted by atomic mass is 10.1. The lowest BCUT2D eigenvalue weighted by Crippen LogP contribution is -2.36. The zero-order valence-electron chi connectivity index (χ0n) is 17.7. The quantitative estimate of drug-likeness (QED) is 0.619. The number of aromatic nitrogens is 2. The van der Waals surface area contributed by atoms with Gasteiger partial charge in [0.15, 0.2) is 12.0 Å². The van der Waals surface area contributed by atoms with E-state index >= 15 is 0 Å². The number of H-pyrrole nitrogens is 1. The van der Waals surface area contributed by atoms with E-state index in [4.69, 9.17) is 18.9 Å². The number of halogens is 2. The summed E-state index contributed by atoms with van der Waals surface area (Å²) in [4.78, 5) is 9.46. The number of aromatic amines is 1. The number of benzene rings is 1. The maximum Gasteiger partial charge on any atom is 0.193 e. The van der Waals surface area contributed by atoms with Gasteiger partial charge in [0.2, 0.25) is 0 Å². The predicted octanol–water partition coefficient (Wildman–Crippen LogP) is 2.25. The summed E-state index contributed by atoms with van der Waals surface area (Å²) in [6.45, 7) is 2.75. The van der Waals surface area contributed by atoms with Crippen LogP contribution >= 0.6 is 0 Å². The fraction of sp³-hybridized carbons (Fsp3) is 0.435. The summed E-state index contributed by atoms with van der Waals surface area (Å²) in [6.07, 6.45) is -1.77. The van der Waals surface area contributed by atoms with Crippen LogP contribution in [0.25, 0.3) is 22.3 Å². The van der Waals surface area contributed by atoms with Crippen LogP contribution in [0.2, 0.25) is 0 Å². The summed E-state index contributed by atoms with van der Waals surface area (Å²) >= 11 is 0. The molecule has 1 aromatic carbocycles. The van der Waals surface area contributed by atoms with E-state index < -0.39 is 23.8 Å². The molecule has 4 atom stereocenters. The molecule has 3 aromatic rings. The Balaban J connectivity index is 1.25. The number of ether oxygens (including phenoxy) is 4. The Labute approximate surface area is 188 Å². The SMILES string of the molecule is O[C@@H]1CO[C@H]2C1OC[C@H]2Oc1cc2nc(-c3c(F)cc(N4CCOCC4)cc3F)ccc2[nH]1. The number of morpholine rings is 1. The van der Waals surface area contributed by atoms with E-state index in [1.54, 1.807) is 18.2 Å². The molecule has 0 saturated carbocycles. The van der Waals surface area contributed by atoms with Crippen LogP contribution in [0.5, 0.6) is 5.88 Å². The average Bonchev–Trinajstić information content (AvgIpc) is 3.50. The third-order valence-electron chi connectivity index (χ3n) is 6.37. The van der Waals surface area contributed by atoms with Crippen molar-refractivity contribution in [3.63, 3.8) is 0 Å². The van der Waals surface area contributed by atoms with Gasteiger partial charge in [0, 0.05) is 24.8 Å². The van der Waals surface area contributed by atoms with Crippen molar-refractivity contribution < 1.29 is 32.8 Å². The molecule has 33 heavy (non-hydrogen) atoms. The van der Waals surface area contributed by atoms with Gasteiger partial charge in [-0.3, -0.25) is 0 Å². The molecule has 3 saturated heterocycles. The number of hydrogen-bond donors (Lipinski definition) is 2. The first-order valence-corrected chi connectivity index (χ1v) is 11.0. The van der Waals surface area contributed by atoms with E-state index in [-0.39, 0.29) is 30.1 Å². The molecule has 0 radical (unpaired) electrons. The van der Waals surface area contributed by atoms with Crippen LogP contribution in [0.1, 0.15) is 0 Å². The predicted molar refractivity (Wildman–Crippen MR) is 114 cm³/mol. The zero-order chi connectivity index (χ0) is 22.5. The van der Waals surface area contributed by atoms with Crippen LogP contribution in [0.3, 0.4) is 0 Å².